The highest BCUT2D eigenvalue weighted by Gasteiger charge is 2.65. The van der Waals surface area contributed by atoms with Gasteiger partial charge in [-0.25, -0.2) is 4.79 Å². The second-order valence-corrected chi connectivity index (χ2v) is 14.8. The number of carbonyl (C=O) groups is 1. The van der Waals surface area contributed by atoms with E-state index >= 15 is 0 Å². The molecular weight excluding hydrogens is 722 g/mol. The molecule has 2 N–H and O–H groups in total. The number of rotatable bonds is 18. The lowest BCUT2D eigenvalue weighted by molar-refractivity contribution is -0.384. The predicted molar refractivity (Wildman–Crippen MR) is 208 cm³/mol. The van der Waals surface area contributed by atoms with Gasteiger partial charge < -0.3 is 43.6 Å². The second-order valence-electron chi connectivity index (χ2n) is 14.8. The molecule has 7 unspecified atom stereocenters. The van der Waals surface area contributed by atoms with E-state index in [4.69, 9.17) is 33.7 Å². The number of hydrogen-bond donors (Lipinski definition) is 2. The molecule has 2 fully saturated rings. The Bertz CT molecular complexity index is 1740. The van der Waals surface area contributed by atoms with Gasteiger partial charge in [-0.2, -0.15) is 0 Å². The molecule has 6 rings (SSSR count). The maximum Gasteiger partial charge on any atom is 0.409 e. The lowest BCUT2D eigenvalue weighted by Crippen LogP contribution is -2.69. The molecule has 1 amide bonds. The van der Waals surface area contributed by atoms with Crippen LogP contribution in [0.15, 0.2) is 71.9 Å². The molecular formula is C42H55N3O11. The van der Waals surface area contributed by atoms with Crippen molar-refractivity contribution < 1.29 is 48.5 Å². The van der Waals surface area contributed by atoms with Gasteiger partial charge in [0.15, 0.2) is 0 Å². The first-order valence-corrected chi connectivity index (χ1v) is 19.9. The summed E-state index contributed by atoms with van der Waals surface area (Å²) >= 11 is 0. The number of aliphatic hydroxyl groups excluding tert-OH is 2. The molecule has 4 aliphatic rings. The summed E-state index contributed by atoms with van der Waals surface area (Å²) in [6.07, 6.45) is 10.2. The lowest BCUT2D eigenvalue weighted by atomic mass is 9.55. The van der Waals surface area contributed by atoms with Gasteiger partial charge in [0.05, 0.1) is 42.4 Å². The number of allylic oxidation sites excluding steroid dienone is 1. The van der Waals surface area contributed by atoms with E-state index in [1.165, 1.54) is 17.0 Å². The number of nitro benzene ring substituents is 1. The number of likely N-dealkylation sites (N-methyl/N-ethyl adjacent to an activating group) is 1. The summed E-state index contributed by atoms with van der Waals surface area (Å²) < 4.78 is 31.7. The summed E-state index contributed by atoms with van der Waals surface area (Å²) in [7, 11) is 1.68. The average Bonchev–Trinajstić information content (AvgIpc) is 3.21. The van der Waals surface area contributed by atoms with Crippen LogP contribution in [0, 0.1) is 27.9 Å². The zero-order chi connectivity index (χ0) is 39.7. The fourth-order valence-electron chi connectivity index (χ4n) is 8.86. The third-order valence-electron chi connectivity index (χ3n) is 11.4. The van der Waals surface area contributed by atoms with E-state index in [2.05, 4.69) is 12.7 Å². The Kier molecular flexibility index (Phi) is 14.0. The van der Waals surface area contributed by atoms with Crippen molar-refractivity contribution in [1.82, 2.24) is 4.90 Å². The highest BCUT2D eigenvalue weighted by molar-refractivity contribution is 6.02. The van der Waals surface area contributed by atoms with E-state index in [0.717, 1.165) is 49.7 Å². The molecule has 1 saturated carbocycles. The van der Waals surface area contributed by atoms with Crippen molar-refractivity contribution in [2.45, 2.75) is 95.2 Å². The number of unbranched alkanes of at least 4 members (excludes halogenated alkanes) is 2. The van der Waals surface area contributed by atoms with E-state index < -0.39 is 35.1 Å². The zero-order valence-electron chi connectivity index (χ0n) is 32.4. The Balaban J connectivity index is 1.55. The van der Waals surface area contributed by atoms with E-state index in [0.29, 0.717) is 48.8 Å². The summed E-state index contributed by atoms with van der Waals surface area (Å²) in [6, 6.07) is 10.8. The number of non-ortho nitro benzene ring substituents is 1. The minimum atomic E-state index is -1.42. The quantitative estimate of drug-likeness (QED) is 0.0660. The molecule has 2 aromatic rings. The number of aliphatic hydroxyl groups is 2. The standard InChI is InChI=1S/C42H55N3O11/c1-4-22-53-42-37(44(3)41(48)51-5-2)27-35(43-56-38-17-8-11-23-52-38)33-24-28(13-6-9-20-46)32(16-7-10-21-47)39(40(33)42)34-26-31(18-19-36(34)55-42)54-30-15-12-14-29(25-30)45(49)50/h4,12,14-15,18-19,24-26,28,32,37-40,46-47H,1,5-11,13,16-17,20-23,27H2,2-3H3. The molecule has 1 saturated heterocycles. The van der Waals surface area contributed by atoms with Gasteiger partial charge in [-0.1, -0.05) is 36.2 Å². The molecule has 2 aliphatic carbocycles. The Morgan fingerprint density at radius 2 is 1.89 bits per heavy atom. The van der Waals surface area contributed by atoms with Crippen molar-refractivity contribution in [2.24, 2.45) is 22.9 Å². The zero-order valence-corrected chi connectivity index (χ0v) is 32.4. The maximum absolute atomic E-state index is 13.6. The number of fused-ring (bicyclic) bond motifs is 2. The molecule has 0 radical (unpaired) electrons. The Morgan fingerprint density at radius 1 is 1.11 bits per heavy atom. The van der Waals surface area contributed by atoms with Gasteiger partial charge in [-0.15, -0.1) is 6.58 Å². The van der Waals surface area contributed by atoms with E-state index in [-0.39, 0.29) is 56.3 Å². The number of carbonyl (C=O) groups excluding carboxylic acids is 1. The molecule has 2 aromatic carbocycles. The fourth-order valence-corrected chi connectivity index (χ4v) is 8.86. The number of oxime groups is 1. The van der Waals surface area contributed by atoms with Gasteiger partial charge in [0.1, 0.15) is 23.3 Å². The van der Waals surface area contributed by atoms with Crippen molar-refractivity contribution >= 4 is 17.5 Å². The van der Waals surface area contributed by atoms with Gasteiger partial charge in [0, 0.05) is 50.7 Å². The third kappa shape index (κ3) is 8.88. The fraction of sp³-hybridized carbons (Fsp3) is 0.571. The van der Waals surface area contributed by atoms with Crippen LogP contribution >= 0.6 is 0 Å². The van der Waals surface area contributed by atoms with Crippen molar-refractivity contribution in [1.29, 1.82) is 0 Å². The number of amides is 1. The monoisotopic (exact) mass is 777 g/mol. The van der Waals surface area contributed by atoms with E-state index in [1.54, 1.807) is 38.2 Å². The van der Waals surface area contributed by atoms with Gasteiger partial charge in [-0.05, 0) is 87.1 Å². The first kappa shape index (κ1) is 41.1. The highest BCUT2D eigenvalue weighted by Crippen LogP contribution is 2.62. The summed E-state index contributed by atoms with van der Waals surface area (Å²) in [5, 5.41) is 36.0. The van der Waals surface area contributed by atoms with Crippen molar-refractivity contribution in [3.8, 4) is 17.2 Å². The topological polar surface area (TPSA) is 172 Å². The smallest absolute Gasteiger partial charge is 0.409 e. The van der Waals surface area contributed by atoms with Crippen LogP contribution in [0.25, 0.3) is 0 Å². The first-order valence-electron chi connectivity index (χ1n) is 19.9. The molecule has 0 spiro atoms. The summed E-state index contributed by atoms with van der Waals surface area (Å²) in [4.78, 5) is 32.4. The van der Waals surface area contributed by atoms with Crippen molar-refractivity contribution in [3.63, 3.8) is 0 Å². The number of benzene rings is 2. The van der Waals surface area contributed by atoms with Crippen LogP contribution in [0.1, 0.15) is 82.6 Å². The number of hydrogen-bond acceptors (Lipinski definition) is 12. The number of nitro groups is 1. The van der Waals surface area contributed by atoms with Crippen LogP contribution in [0.2, 0.25) is 0 Å². The largest absolute Gasteiger partial charge is 0.459 e. The van der Waals surface area contributed by atoms with Crippen LogP contribution in [-0.4, -0.2) is 90.0 Å². The van der Waals surface area contributed by atoms with E-state index in [9.17, 15) is 25.1 Å². The predicted octanol–water partition coefficient (Wildman–Crippen LogP) is 7.64. The van der Waals surface area contributed by atoms with Crippen LogP contribution < -0.4 is 9.47 Å². The van der Waals surface area contributed by atoms with Gasteiger partial charge in [-0.3, -0.25) is 10.1 Å². The Labute approximate surface area is 328 Å². The SMILES string of the molecule is C=CCOC12Oc3ccc(Oc4cccc([N+](=O)[O-])c4)cc3C3C(CCCCO)C(CCCCO)C=C(C(=NOC4CCCCO4)CC1N(C)C(=O)OCC)C32. The van der Waals surface area contributed by atoms with E-state index in [1.807, 2.05) is 12.1 Å². The molecule has 2 aliphatic heterocycles. The van der Waals surface area contributed by atoms with Crippen LogP contribution in [0.3, 0.4) is 0 Å². The first-order chi connectivity index (χ1) is 27.2. The minimum absolute atomic E-state index is 0.00640. The molecule has 56 heavy (non-hydrogen) atoms. The Hall–Kier alpha value is -4.50. The minimum Gasteiger partial charge on any atom is -0.459 e. The summed E-state index contributed by atoms with van der Waals surface area (Å²) in [5.74, 6) is -0.826. The lowest BCUT2D eigenvalue weighted by Gasteiger charge is -2.59. The molecule has 0 aromatic heterocycles. The van der Waals surface area contributed by atoms with Crippen LogP contribution in [-0.2, 0) is 19.0 Å². The molecule has 304 valence electrons. The number of nitrogens with zero attached hydrogens (tertiary/aromatic N) is 3. The Morgan fingerprint density at radius 3 is 2.61 bits per heavy atom. The van der Waals surface area contributed by atoms with Crippen molar-refractivity contribution in [2.75, 3.05) is 40.1 Å². The van der Waals surface area contributed by atoms with Gasteiger partial charge in [0.2, 0.25) is 12.1 Å². The molecule has 2 heterocycles. The number of ether oxygens (including phenoxy) is 5. The van der Waals surface area contributed by atoms with Crippen LogP contribution in [0.4, 0.5) is 10.5 Å². The summed E-state index contributed by atoms with van der Waals surface area (Å²) in [5.41, 5.74) is 2.32. The van der Waals surface area contributed by atoms with Crippen LogP contribution in [0.5, 0.6) is 17.2 Å². The molecule has 7 atom stereocenters. The molecule has 0 bridgehead atoms. The van der Waals surface area contributed by atoms with Crippen molar-refractivity contribution in [3.05, 3.63) is 82.4 Å². The summed E-state index contributed by atoms with van der Waals surface area (Å²) in [6.45, 7) is 6.75. The third-order valence-corrected chi connectivity index (χ3v) is 11.4. The molecule has 14 heteroatoms. The maximum atomic E-state index is 13.6. The highest BCUT2D eigenvalue weighted by atomic mass is 16.8. The molecule has 14 nitrogen and oxygen atoms in total. The van der Waals surface area contributed by atoms with Gasteiger partial charge >= 0.3 is 6.09 Å². The van der Waals surface area contributed by atoms with Gasteiger partial charge in [0.25, 0.3) is 5.69 Å². The second kappa shape index (κ2) is 19.1. The average molecular weight is 778 g/mol. The normalized spacial score (nSPS) is 27.2.